The van der Waals surface area contributed by atoms with E-state index in [1.54, 1.807) is 32.3 Å². The second kappa shape index (κ2) is 6.59. The summed E-state index contributed by atoms with van der Waals surface area (Å²) in [5.74, 6) is 0. The number of hydrogen-bond acceptors (Lipinski definition) is 3. The third kappa shape index (κ3) is 5.70. The molecule has 76 valence electrons. The first-order valence-corrected chi connectivity index (χ1v) is 3.89. The normalized spacial score (nSPS) is 8.14. The lowest BCUT2D eigenvalue weighted by molar-refractivity contribution is -0.384. The van der Waals surface area contributed by atoms with Crippen LogP contribution in [0.4, 0.5) is 5.69 Å². The summed E-state index contributed by atoms with van der Waals surface area (Å²) in [4.78, 5) is 20.5. The molecule has 0 bridgehead atoms. The van der Waals surface area contributed by atoms with Crippen LogP contribution >= 0.6 is 0 Å². The van der Waals surface area contributed by atoms with Gasteiger partial charge in [-0.3, -0.25) is 14.9 Å². The van der Waals surface area contributed by atoms with Gasteiger partial charge in [0.25, 0.3) is 5.69 Å². The lowest BCUT2D eigenvalue weighted by Gasteiger charge is -1.93. The lowest BCUT2D eigenvalue weighted by Crippen LogP contribution is -2.06. The number of amides is 1. The molecular weight excluding hydrogens is 184 g/mol. The van der Waals surface area contributed by atoms with Gasteiger partial charge < -0.3 is 4.90 Å². The van der Waals surface area contributed by atoms with E-state index in [4.69, 9.17) is 0 Å². The van der Waals surface area contributed by atoms with Crippen molar-refractivity contribution >= 4 is 12.1 Å². The predicted molar refractivity (Wildman–Crippen MR) is 52.8 cm³/mol. The third-order valence-corrected chi connectivity index (χ3v) is 1.18. The van der Waals surface area contributed by atoms with E-state index < -0.39 is 4.92 Å². The van der Waals surface area contributed by atoms with Crippen LogP contribution in [0.3, 0.4) is 0 Å². The molecule has 0 saturated heterocycles. The molecule has 0 aliphatic heterocycles. The molecule has 1 amide bonds. The Balaban J connectivity index is 0.000000292. The highest BCUT2D eigenvalue weighted by atomic mass is 16.6. The number of nitro groups is 1. The SMILES string of the molecule is CN(C)C=O.O=[N+]([O-])c1ccccc1. The molecule has 1 aromatic rings. The number of rotatable bonds is 2. The quantitative estimate of drug-likeness (QED) is 0.407. The third-order valence-electron chi connectivity index (χ3n) is 1.18. The van der Waals surface area contributed by atoms with Gasteiger partial charge in [-0.15, -0.1) is 0 Å². The Labute approximate surface area is 82.1 Å². The Bertz CT molecular complexity index is 285. The van der Waals surface area contributed by atoms with E-state index in [0.717, 1.165) is 6.41 Å². The van der Waals surface area contributed by atoms with E-state index >= 15 is 0 Å². The van der Waals surface area contributed by atoms with E-state index in [2.05, 4.69) is 0 Å². The zero-order valence-corrected chi connectivity index (χ0v) is 8.08. The van der Waals surface area contributed by atoms with Crippen LogP contribution in [-0.2, 0) is 4.79 Å². The number of nitrogens with zero attached hydrogens (tertiary/aromatic N) is 2. The maximum atomic E-state index is 10.0. The molecule has 1 rings (SSSR count). The van der Waals surface area contributed by atoms with E-state index in [1.165, 1.54) is 17.0 Å². The largest absolute Gasteiger partial charge is 0.351 e. The molecular formula is C9H12N2O3. The average molecular weight is 196 g/mol. The van der Waals surface area contributed by atoms with Crippen LogP contribution < -0.4 is 0 Å². The molecule has 5 nitrogen and oxygen atoms in total. The molecule has 0 N–H and O–H groups in total. The minimum Gasteiger partial charge on any atom is -0.351 e. The standard InChI is InChI=1S/C6H5NO2.C3H7NO/c8-7(9)6-4-2-1-3-5-6;1-4(2)3-5/h1-5H;3H,1-2H3. The molecule has 0 saturated carbocycles. The van der Waals surface area contributed by atoms with E-state index in [1.807, 2.05) is 0 Å². The van der Waals surface area contributed by atoms with Crippen LogP contribution in [0.25, 0.3) is 0 Å². The van der Waals surface area contributed by atoms with Crippen LogP contribution in [0.1, 0.15) is 0 Å². The molecule has 0 aliphatic rings. The van der Waals surface area contributed by atoms with Gasteiger partial charge in [-0.2, -0.15) is 0 Å². The molecule has 0 spiro atoms. The van der Waals surface area contributed by atoms with Gasteiger partial charge in [-0.25, -0.2) is 0 Å². The zero-order valence-electron chi connectivity index (χ0n) is 8.08. The molecule has 5 heteroatoms. The first-order chi connectivity index (χ1) is 6.57. The van der Waals surface area contributed by atoms with Crippen molar-refractivity contribution in [3.63, 3.8) is 0 Å². The highest BCUT2D eigenvalue weighted by Crippen LogP contribution is 2.06. The van der Waals surface area contributed by atoms with Crippen molar-refractivity contribution in [1.82, 2.24) is 4.90 Å². The highest BCUT2D eigenvalue weighted by Gasteiger charge is 1.98. The second-order valence-corrected chi connectivity index (χ2v) is 2.66. The molecule has 1 aromatic carbocycles. The van der Waals surface area contributed by atoms with Gasteiger partial charge in [0.2, 0.25) is 6.41 Å². The summed E-state index contributed by atoms with van der Waals surface area (Å²) in [6, 6.07) is 7.93. The molecule has 0 aromatic heterocycles. The fourth-order valence-electron chi connectivity index (χ4n) is 0.550. The number of hydrogen-bond donors (Lipinski definition) is 0. The fourth-order valence-corrected chi connectivity index (χ4v) is 0.550. The predicted octanol–water partition coefficient (Wildman–Crippen LogP) is 1.30. The monoisotopic (exact) mass is 196 g/mol. The minimum atomic E-state index is -0.417. The number of nitro benzene ring substituents is 1. The van der Waals surface area contributed by atoms with E-state index in [-0.39, 0.29) is 5.69 Å². The number of carbonyl (C=O) groups is 1. The molecule has 0 unspecified atom stereocenters. The van der Waals surface area contributed by atoms with E-state index in [0.29, 0.717) is 0 Å². The Kier molecular flexibility index (Phi) is 5.69. The van der Waals surface area contributed by atoms with Crippen LogP contribution in [0, 0.1) is 10.1 Å². The molecule has 14 heavy (non-hydrogen) atoms. The van der Waals surface area contributed by atoms with Crippen molar-refractivity contribution in [2.75, 3.05) is 14.1 Å². The van der Waals surface area contributed by atoms with E-state index in [9.17, 15) is 14.9 Å². The average Bonchev–Trinajstić information content (AvgIpc) is 2.20. The number of para-hydroxylation sites is 1. The topological polar surface area (TPSA) is 63.5 Å². The minimum absolute atomic E-state index is 0.137. The first-order valence-electron chi connectivity index (χ1n) is 3.89. The summed E-state index contributed by atoms with van der Waals surface area (Å²) in [5, 5.41) is 10.0. The van der Waals surface area contributed by atoms with Crippen molar-refractivity contribution in [3.05, 3.63) is 40.4 Å². The van der Waals surface area contributed by atoms with Crippen LogP contribution in [-0.4, -0.2) is 30.3 Å². The second-order valence-electron chi connectivity index (χ2n) is 2.66. The highest BCUT2D eigenvalue weighted by molar-refractivity contribution is 5.45. The van der Waals surface area contributed by atoms with Gasteiger partial charge in [-0.1, -0.05) is 18.2 Å². The van der Waals surface area contributed by atoms with Crippen molar-refractivity contribution in [3.8, 4) is 0 Å². The van der Waals surface area contributed by atoms with Crippen molar-refractivity contribution in [2.45, 2.75) is 0 Å². The molecule has 0 radical (unpaired) electrons. The van der Waals surface area contributed by atoms with Crippen LogP contribution in [0.2, 0.25) is 0 Å². The Morgan fingerprint density at radius 2 is 1.71 bits per heavy atom. The summed E-state index contributed by atoms with van der Waals surface area (Å²) >= 11 is 0. The zero-order chi connectivity index (χ0) is 11.0. The number of non-ortho nitro benzene ring substituents is 1. The van der Waals surface area contributed by atoms with Gasteiger partial charge in [0.1, 0.15) is 0 Å². The van der Waals surface area contributed by atoms with Crippen LogP contribution in [0.15, 0.2) is 30.3 Å². The van der Waals surface area contributed by atoms with Gasteiger partial charge in [0, 0.05) is 26.2 Å². The smallest absolute Gasteiger partial charge is 0.269 e. The van der Waals surface area contributed by atoms with Gasteiger partial charge in [-0.05, 0) is 0 Å². The van der Waals surface area contributed by atoms with Crippen molar-refractivity contribution < 1.29 is 9.72 Å². The van der Waals surface area contributed by atoms with Crippen molar-refractivity contribution in [2.24, 2.45) is 0 Å². The van der Waals surface area contributed by atoms with Gasteiger partial charge >= 0.3 is 0 Å². The van der Waals surface area contributed by atoms with Gasteiger partial charge in [0.05, 0.1) is 4.92 Å². The molecule has 0 fully saturated rings. The lowest BCUT2D eigenvalue weighted by atomic mass is 10.3. The van der Waals surface area contributed by atoms with Crippen molar-refractivity contribution in [1.29, 1.82) is 0 Å². The Hall–Kier alpha value is -1.91. The number of carbonyl (C=O) groups excluding carboxylic acids is 1. The Morgan fingerprint density at radius 1 is 1.29 bits per heavy atom. The fraction of sp³-hybridized carbons (Fsp3) is 0.222. The number of benzene rings is 1. The Morgan fingerprint density at radius 3 is 1.93 bits per heavy atom. The van der Waals surface area contributed by atoms with Crippen LogP contribution in [0.5, 0.6) is 0 Å². The summed E-state index contributed by atoms with van der Waals surface area (Å²) in [6.45, 7) is 0. The maximum Gasteiger partial charge on any atom is 0.269 e. The summed E-state index contributed by atoms with van der Waals surface area (Å²) < 4.78 is 0. The summed E-state index contributed by atoms with van der Waals surface area (Å²) in [6.07, 6.45) is 0.750. The molecule has 0 atom stereocenters. The molecule has 0 heterocycles. The first kappa shape index (κ1) is 12.1. The maximum absolute atomic E-state index is 10.0. The summed E-state index contributed by atoms with van der Waals surface area (Å²) in [7, 11) is 3.38. The molecule has 0 aliphatic carbocycles. The van der Waals surface area contributed by atoms with Gasteiger partial charge in [0.15, 0.2) is 0 Å². The summed E-state index contributed by atoms with van der Waals surface area (Å²) in [5.41, 5.74) is 0.137.